The first-order chi connectivity index (χ1) is 6.63. The minimum atomic E-state index is 0.310. The molecule has 3 nitrogen and oxygen atoms in total. The van der Waals surface area contributed by atoms with E-state index in [4.69, 9.17) is 5.73 Å². The van der Waals surface area contributed by atoms with Crippen LogP contribution in [-0.2, 0) is 0 Å². The van der Waals surface area contributed by atoms with Crippen LogP contribution < -0.4 is 5.73 Å². The Morgan fingerprint density at radius 2 is 1.71 bits per heavy atom. The molecule has 0 radical (unpaired) electrons. The van der Waals surface area contributed by atoms with Gasteiger partial charge in [0.05, 0.1) is 0 Å². The normalized spacial score (nSPS) is 24.9. The molecule has 0 aliphatic carbocycles. The van der Waals surface area contributed by atoms with Crippen molar-refractivity contribution in [3.05, 3.63) is 0 Å². The fraction of sp³-hybridized carbons (Fsp3) is 1.00. The minimum absolute atomic E-state index is 0.310. The van der Waals surface area contributed by atoms with E-state index in [1.54, 1.807) is 0 Å². The lowest BCUT2D eigenvalue weighted by molar-refractivity contribution is 0.0979. The molecule has 0 amide bonds. The van der Waals surface area contributed by atoms with Gasteiger partial charge in [-0.3, -0.25) is 9.80 Å². The van der Waals surface area contributed by atoms with E-state index >= 15 is 0 Å². The Labute approximate surface area is 88.2 Å². The smallest absolute Gasteiger partial charge is 0.0139 e. The number of rotatable bonds is 4. The number of piperazine rings is 1. The molecule has 1 unspecified atom stereocenters. The molecule has 2 N–H and O–H groups in total. The highest BCUT2D eigenvalue weighted by atomic mass is 15.3. The van der Waals surface area contributed by atoms with Crippen LogP contribution in [0, 0.1) is 0 Å². The van der Waals surface area contributed by atoms with E-state index in [-0.39, 0.29) is 0 Å². The van der Waals surface area contributed by atoms with Crippen LogP contribution in [0.2, 0.25) is 0 Å². The fourth-order valence-corrected chi connectivity index (χ4v) is 2.05. The fourth-order valence-electron chi connectivity index (χ4n) is 2.05. The zero-order valence-electron chi connectivity index (χ0n) is 9.87. The second-order valence-electron chi connectivity index (χ2n) is 4.57. The van der Waals surface area contributed by atoms with Gasteiger partial charge in [-0.2, -0.15) is 0 Å². The van der Waals surface area contributed by atoms with Gasteiger partial charge in [0.2, 0.25) is 0 Å². The van der Waals surface area contributed by atoms with Crippen molar-refractivity contribution in [1.29, 1.82) is 0 Å². The Morgan fingerprint density at radius 3 is 2.14 bits per heavy atom. The van der Waals surface area contributed by atoms with Crippen molar-refractivity contribution in [1.82, 2.24) is 9.80 Å². The molecule has 1 saturated heterocycles. The molecule has 0 saturated carbocycles. The van der Waals surface area contributed by atoms with E-state index in [0.29, 0.717) is 6.04 Å². The predicted molar refractivity (Wildman–Crippen MR) is 61.4 cm³/mol. The predicted octanol–water partition coefficient (Wildman–Crippen LogP) is 0.750. The largest absolute Gasteiger partial charge is 0.327 e. The van der Waals surface area contributed by atoms with Gasteiger partial charge in [0, 0.05) is 44.8 Å². The van der Waals surface area contributed by atoms with E-state index in [9.17, 15) is 0 Å². The molecule has 1 rings (SSSR count). The summed E-state index contributed by atoms with van der Waals surface area (Å²) in [4.78, 5) is 5.06. The lowest BCUT2D eigenvalue weighted by Crippen LogP contribution is -2.51. The second kappa shape index (κ2) is 5.69. The molecule has 0 aromatic heterocycles. The molecule has 1 aliphatic rings. The monoisotopic (exact) mass is 199 g/mol. The molecule has 84 valence electrons. The van der Waals surface area contributed by atoms with Gasteiger partial charge >= 0.3 is 0 Å². The van der Waals surface area contributed by atoms with Gasteiger partial charge in [-0.1, -0.05) is 6.92 Å². The van der Waals surface area contributed by atoms with E-state index in [1.807, 2.05) is 0 Å². The molecule has 1 fully saturated rings. The summed E-state index contributed by atoms with van der Waals surface area (Å²) in [5.74, 6) is 0. The van der Waals surface area contributed by atoms with E-state index in [1.165, 1.54) is 32.6 Å². The topological polar surface area (TPSA) is 32.5 Å². The molecule has 0 aromatic rings. The Balaban J connectivity index is 2.24. The maximum atomic E-state index is 5.79. The average molecular weight is 199 g/mol. The summed E-state index contributed by atoms with van der Waals surface area (Å²) in [6, 6.07) is 1.05. The zero-order valence-corrected chi connectivity index (χ0v) is 9.87. The Hall–Kier alpha value is -0.120. The van der Waals surface area contributed by atoms with Crippen LogP contribution in [0.15, 0.2) is 0 Å². The second-order valence-corrected chi connectivity index (χ2v) is 4.57. The summed E-state index contributed by atoms with van der Waals surface area (Å²) in [7, 11) is 0. The summed E-state index contributed by atoms with van der Waals surface area (Å²) >= 11 is 0. The number of nitrogens with two attached hydrogens (primary N) is 1. The summed E-state index contributed by atoms with van der Waals surface area (Å²) in [6.07, 6.45) is 1.26. The van der Waals surface area contributed by atoms with E-state index in [2.05, 4.69) is 30.6 Å². The van der Waals surface area contributed by atoms with Gasteiger partial charge in [-0.25, -0.2) is 0 Å². The van der Waals surface area contributed by atoms with Crippen LogP contribution in [0.4, 0.5) is 0 Å². The van der Waals surface area contributed by atoms with E-state index in [0.717, 1.165) is 12.6 Å². The Morgan fingerprint density at radius 1 is 1.14 bits per heavy atom. The Bertz CT molecular complexity index is 151. The van der Waals surface area contributed by atoms with Crippen molar-refractivity contribution in [2.45, 2.75) is 39.3 Å². The first kappa shape index (κ1) is 12.0. The maximum absolute atomic E-state index is 5.79. The highest BCUT2D eigenvalue weighted by molar-refractivity contribution is 4.76. The van der Waals surface area contributed by atoms with Gasteiger partial charge < -0.3 is 5.73 Å². The van der Waals surface area contributed by atoms with Crippen molar-refractivity contribution >= 4 is 0 Å². The summed E-state index contributed by atoms with van der Waals surface area (Å²) in [6.45, 7) is 12.5. The highest BCUT2D eigenvalue weighted by Gasteiger charge is 2.20. The van der Waals surface area contributed by atoms with Crippen molar-refractivity contribution in [2.75, 3.05) is 32.7 Å². The van der Waals surface area contributed by atoms with E-state index < -0.39 is 0 Å². The molecule has 2 atom stereocenters. The lowest BCUT2D eigenvalue weighted by atomic mass is 10.2. The molecule has 0 bridgehead atoms. The molecule has 0 spiro atoms. The van der Waals surface area contributed by atoms with Gasteiger partial charge in [-0.05, 0) is 20.3 Å². The van der Waals surface area contributed by atoms with Crippen LogP contribution in [0.5, 0.6) is 0 Å². The average Bonchev–Trinajstić information content (AvgIpc) is 2.17. The van der Waals surface area contributed by atoms with Crippen LogP contribution >= 0.6 is 0 Å². The summed E-state index contributed by atoms with van der Waals surface area (Å²) in [5.41, 5.74) is 5.79. The SMILES string of the molecule is CCC(C)N1CCN(C[C@@H](C)N)CC1. The molecule has 3 heteroatoms. The molecule has 1 aliphatic heterocycles. The highest BCUT2D eigenvalue weighted by Crippen LogP contribution is 2.08. The summed E-state index contributed by atoms with van der Waals surface area (Å²) < 4.78 is 0. The molecule has 14 heavy (non-hydrogen) atoms. The van der Waals surface area contributed by atoms with Crippen molar-refractivity contribution in [2.24, 2.45) is 5.73 Å². The number of hydrogen-bond acceptors (Lipinski definition) is 3. The first-order valence-electron chi connectivity index (χ1n) is 5.85. The zero-order chi connectivity index (χ0) is 10.6. The van der Waals surface area contributed by atoms with Crippen molar-refractivity contribution < 1.29 is 0 Å². The van der Waals surface area contributed by atoms with Crippen molar-refractivity contribution in [3.63, 3.8) is 0 Å². The molecule has 0 aromatic carbocycles. The van der Waals surface area contributed by atoms with Crippen LogP contribution in [-0.4, -0.2) is 54.6 Å². The third kappa shape index (κ3) is 3.56. The van der Waals surface area contributed by atoms with Crippen LogP contribution in [0.25, 0.3) is 0 Å². The van der Waals surface area contributed by atoms with Gasteiger partial charge in [0.1, 0.15) is 0 Å². The third-order valence-electron chi connectivity index (χ3n) is 3.17. The van der Waals surface area contributed by atoms with Gasteiger partial charge in [-0.15, -0.1) is 0 Å². The van der Waals surface area contributed by atoms with Crippen molar-refractivity contribution in [3.8, 4) is 0 Å². The molecular weight excluding hydrogens is 174 g/mol. The number of nitrogens with zero attached hydrogens (tertiary/aromatic N) is 2. The maximum Gasteiger partial charge on any atom is 0.0139 e. The van der Waals surface area contributed by atoms with Crippen LogP contribution in [0.1, 0.15) is 27.2 Å². The van der Waals surface area contributed by atoms with Gasteiger partial charge in [0.15, 0.2) is 0 Å². The lowest BCUT2D eigenvalue weighted by Gasteiger charge is -2.38. The van der Waals surface area contributed by atoms with Crippen LogP contribution in [0.3, 0.4) is 0 Å². The molecule has 1 heterocycles. The third-order valence-corrected chi connectivity index (χ3v) is 3.17. The first-order valence-corrected chi connectivity index (χ1v) is 5.85. The number of hydrogen-bond donors (Lipinski definition) is 1. The Kier molecular flexibility index (Phi) is 4.85. The quantitative estimate of drug-likeness (QED) is 0.725. The molecular formula is C11H25N3. The standard InChI is InChI=1S/C11H25N3/c1-4-11(3)14-7-5-13(6-8-14)9-10(2)12/h10-11H,4-9,12H2,1-3H3/t10-,11?/m1/s1. The summed E-state index contributed by atoms with van der Waals surface area (Å²) in [5, 5.41) is 0. The van der Waals surface area contributed by atoms with Gasteiger partial charge in [0.25, 0.3) is 0 Å². The minimum Gasteiger partial charge on any atom is -0.327 e.